The van der Waals surface area contributed by atoms with E-state index in [2.05, 4.69) is 0 Å². The molecule has 6 heteroatoms. The summed E-state index contributed by atoms with van der Waals surface area (Å²) in [5.74, 6) is 0.118. The van der Waals surface area contributed by atoms with E-state index in [1.807, 2.05) is 42.1 Å². The zero-order valence-electron chi connectivity index (χ0n) is 12.4. The van der Waals surface area contributed by atoms with Gasteiger partial charge < -0.3 is 9.80 Å². The molecule has 116 valence electrons. The average Bonchev–Trinajstić information content (AvgIpc) is 3.23. The predicted octanol–water partition coefficient (Wildman–Crippen LogP) is 2.96. The third kappa shape index (κ3) is 3.23. The molecule has 0 saturated carbocycles. The smallest absolute Gasteiger partial charge is 0.245 e. The summed E-state index contributed by atoms with van der Waals surface area (Å²) in [6.45, 7) is 1.15. The number of amides is 2. The van der Waals surface area contributed by atoms with E-state index in [1.54, 1.807) is 32.5 Å². The fourth-order valence-corrected chi connectivity index (χ4v) is 4.19. The number of hydrogen-bond donors (Lipinski definition) is 0. The molecule has 22 heavy (non-hydrogen) atoms. The first-order valence-electron chi connectivity index (χ1n) is 7.24. The Morgan fingerprint density at radius 2 is 1.95 bits per heavy atom. The number of likely N-dealkylation sites (tertiary alicyclic amines) is 1. The molecule has 0 aliphatic carbocycles. The highest BCUT2D eigenvalue weighted by Crippen LogP contribution is 2.25. The van der Waals surface area contributed by atoms with Crippen molar-refractivity contribution in [1.82, 2.24) is 9.80 Å². The van der Waals surface area contributed by atoms with Crippen LogP contribution in [0.25, 0.3) is 0 Å². The van der Waals surface area contributed by atoms with Crippen molar-refractivity contribution in [1.29, 1.82) is 0 Å². The van der Waals surface area contributed by atoms with Crippen molar-refractivity contribution in [2.45, 2.75) is 32.0 Å². The lowest BCUT2D eigenvalue weighted by Crippen LogP contribution is -2.44. The highest BCUT2D eigenvalue weighted by molar-refractivity contribution is 7.10. The molecule has 0 aromatic carbocycles. The van der Waals surface area contributed by atoms with E-state index in [-0.39, 0.29) is 17.9 Å². The number of thiophene rings is 2. The quantitative estimate of drug-likeness (QED) is 0.843. The molecule has 0 radical (unpaired) electrons. The topological polar surface area (TPSA) is 40.6 Å². The highest BCUT2D eigenvalue weighted by Gasteiger charge is 2.37. The number of nitrogens with zero attached hydrogens (tertiary/aromatic N) is 2. The minimum absolute atomic E-state index is 0.0378. The molecule has 1 atom stereocenters. The van der Waals surface area contributed by atoms with Gasteiger partial charge in [0.15, 0.2) is 0 Å². The second-order valence-corrected chi connectivity index (χ2v) is 7.49. The largest absolute Gasteiger partial charge is 0.339 e. The summed E-state index contributed by atoms with van der Waals surface area (Å²) in [6.07, 6.45) is 1.09. The van der Waals surface area contributed by atoms with E-state index in [0.29, 0.717) is 25.9 Å². The third-order valence-corrected chi connectivity index (χ3v) is 5.59. The van der Waals surface area contributed by atoms with Gasteiger partial charge in [0.25, 0.3) is 0 Å². The van der Waals surface area contributed by atoms with Gasteiger partial charge >= 0.3 is 0 Å². The van der Waals surface area contributed by atoms with E-state index in [4.69, 9.17) is 0 Å². The van der Waals surface area contributed by atoms with Gasteiger partial charge in [-0.05, 0) is 29.3 Å². The van der Waals surface area contributed by atoms with Crippen LogP contribution in [-0.2, 0) is 22.7 Å². The summed E-state index contributed by atoms with van der Waals surface area (Å²) in [7, 11) is 1.81. The normalized spacial score (nSPS) is 18.0. The van der Waals surface area contributed by atoms with E-state index in [1.165, 1.54) is 0 Å². The van der Waals surface area contributed by atoms with Crippen molar-refractivity contribution in [2.24, 2.45) is 0 Å². The van der Waals surface area contributed by atoms with Crippen molar-refractivity contribution < 1.29 is 9.59 Å². The Morgan fingerprint density at radius 1 is 1.27 bits per heavy atom. The van der Waals surface area contributed by atoms with Crippen molar-refractivity contribution >= 4 is 34.5 Å². The van der Waals surface area contributed by atoms with Gasteiger partial charge in [-0.25, -0.2) is 0 Å². The maximum absolute atomic E-state index is 12.7. The maximum Gasteiger partial charge on any atom is 0.245 e. The molecular formula is C16H18N2O2S2. The van der Waals surface area contributed by atoms with Crippen molar-refractivity contribution in [3.05, 3.63) is 44.8 Å². The summed E-state index contributed by atoms with van der Waals surface area (Å²) in [6, 6.07) is 7.67. The van der Waals surface area contributed by atoms with Gasteiger partial charge in [0, 0.05) is 23.2 Å². The van der Waals surface area contributed by atoms with Gasteiger partial charge in [0.05, 0.1) is 13.1 Å². The first-order chi connectivity index (χ1) is 10.6. The van der Waals surface area contributed by atoms with Crippen LogP contribution in [0.4, 0.5) is 0 Å². The van der Waals surface area contributed by atoms with Crippen LogP contribution in [0.3, 0.4) is 0 Å². The Kier molecular flexibility index (Phi) is 4.59. The molecular weight excluding hydrogens is 316 g/mol. The van der Waals surface area contributed by atoms with Crippen LogP contribution >= 0.6 is 22.7 Å². The summed E-state index contributed by atoms with van der Waals surface area (Å²) in [4.78, 5) is 30.6. The first kappa shape index (κ1) is 15.2. The lowest BCUT2D eigenvalue weighted by atomic mass is 10.2. The number of carbonyl (C=O) groups excluding carboxylic acids is 2. The summed E-state index contributed by atoms with van der Waals surface area (Å²) >= 11 is 3.26. The van der Waals surface area contributed by atoms with E-state index < -0.39 is 0 Å². The van der Waals surface area contributed by atoms with E-state index in [9.17, 15) is 9.59 Å². The van der Waals surface area contributed by atoms with Gasteiger partial charge in [-0.3, -0.25) is 9.59 Å². The molecule has 3 rings (SSSR count). The van der Waals surface area contributed by atoms with Crippen LogP contribution in [0, 0.1) is 0 Å². The first-order valence-corrected chi connectivity index (χ1v) is 9.00. The highest BCUT2D eigenvalue weighted by atomic mass is 32.1. The molecule has 0 N–H and O–H groups in total. The minimum Gasteiger partial charge on any atom is -0.339 e. The summed E-state index contributed by atoms with van der Waals surface area (Å²) in [5, 5.41) is 4.01. The van der Waals surface area contributed by atoms with Gasteiger partial charge in [-0.1, -0.05) is 12.1 Å². The number of hydrogen-bond acceptors (Lipinski definition) is 4. The fraction of sp³-hybridized carbons (Fsp3) is 0.375. The van der Waals surface area contributed by atoms with Crippen molar-refractivity contribution in [3.8, 4) is 0 Å². The van der Waals surface area contributed by atoms with Crippen LogP contribution in [0.1, 0.15) is 22.6 Å². The lowest BCUT2D eigenvalue weighted by Gasteiger charge is -2.27. The molecule has 3 heterocycles. The summed E-state index contributed by atoms with van der Waals surface area (Å²) < 4.78 is 0. The van der Waals surface area contributed by atoms with Crippen LogP contribution in [0.15, 0.2) is 35.0 Å². The molecule has 1 saturated heterocycles. The number of rotatable bonds is 5. The van der Waals surface area contributed by atoms with Gasteiger partial charge in [-0.15, -0.1) is 22.7 Å². The van der Waals surface area contributed by atoms with Crippen LogP contribution in [0.2, 0.25) is 0 Å². The van der Waals surface area contributed by atoms with Crippen LogP contribution in [-0.4, -0.2) is 34.7 Å². The Bertz CT molecular complexity index is 637. The number of likely N-dealkylation sites (N-methyl/N-ethyl adjacent to an activating group) is 1. The molecule has 2 aromatic rings. The molecule has 1 aliphatic heterocycles. The van der Waals surface area contributed by atoms with Crippen molar-refractivity contribution in [3.63, 3.8) is 0 Å². The van der Waals surface area contributed by atoms with E-state index >= 15 is 0 Å². The SMILES string of the molecule is CN(Cc1cccs1)C(=O)[C@@H]1CCC(=O)N1Cc1cccs1. The Balaban J connectivity index is 1.68. The average molecular weight is 334 g/mol. The molecule has 1 fully saturated rings. The van der Waals surface area contributed by atoms with E-state index in [0.717, 1.165) is 9.75 Å². The second kappa shape index (κ2) is 6.62. The standard InChI is InChI=1S/C16H18N2O2S2/c1-17(10-12-4-2-8-21-12)16(20)14-6-7-15(19)18(14)11-13-5-3-9-22-13/h2-5,8-9,14H,6-7,10-11H2,1H3/t14-/m0/s1. The van der Waals surface area contributed by atoms with Gasteiger partial charge in [0.1, 0.15) is 6.04 Å². The second-order valence-electron chi connectivity index (χ2n) is 5.43. The van der Waals surface area contributed by atoms with Crippen molar-refractivity contribution in [2.75, 3.05) is 7.05 Å². The Morgan fingerprint density at radius 3 is 2.59 bits per heavy atom. The zero-order valence-corrected chi connectivity index (χ0v) is 14.0. The molecule has 0 spiro atoms. The van der Waals surface area contributed by atoms with Crippen LogP contribution < -0.4 is 0 Å². The monoisotopic (exact) mass is 334 g/mol. The maximum atomic E-state index is 12.7. The fourth-order valence-electron chi connectivity index (χ4n) is 2.73. The van der Waals surface area contributed by atoms with Crippen LogP contribution in [0.5, 0.6) is 0 Å². The number of carbonyl (C=O) groups is 2. The van der Waals surface area contributed by atoms with Gasteiger partial charge in [0.2, 0.25) is 11.8 Å². The molecule has 4 nitrogen and oxygen atoms in total. The van der Waals surface area contributed by atoms with Gasteiger partial charge in [-0.2, -0.15) is 0 Å². The third-order valence-electron chi connectivity index (χ3n) is 3.87. The molecule has 2 aromatic heterocycles. The Hall–Kier alpha value is -1.66. The minimum atomic E-state index is -0.320. The predicted molar refractivity (Wildman–Crippen MR) is 88.7 cm³/mol. The zero-order chi connectivity index (χ0) is 15.5. The Labute approximate surface area is 138 Å². The molecule has 0 bridgehead atoms. The summed E-state index contributed by atoms with van der Waals surface area (Å²) in [5.41, 5.74) is 0. The lowest BCUT2D eigenvalue weighted by molar-refractivity contribution is -0.141. The molecule has 2 amide bonds. The molecule has 0 unspecified atom stereocenters. The molecule has 1 aliphatic rings.